The van der Waals surface area contributed by atoms with Crippen LogP contribution in [0.2, 0.25) is 0 Å². The highest BCUT2D eigenvalue weighted by Gasteiger charge is 2.09. The molecule has 120 valence electrons. The van der Waals surface area contributed by atoms with Gasteiger partial charge in [0, 0.05) is 28.2 Å². The molecule has 0 unspecified atom stereocenters. The van der Waals surface area contributed by atoms with Crippen molar-refractivity contribution in [3.63, 3.8) is 0 Å². The number of aromatic nitrogens is 1. The van der Waals surface area contributed by atoms with Crippen LogP contribution in [0.5, 0.6) is 0 Å². The third-order valence-electron chi connectivity index (χ3n) is 3.89. The quantitative estimate of drug-likeness (QED) is 0.576. The predicted octanol–water partition coefficient (Wildman–Crippen LogP) is 3.86. The lowest BCUT2D eigenvalue weighted by Gasteiger charge is -2.08. The minimum absolute atomic E-state index is 0.219. The van der Waals surface area contributed by atoms with E-state index in [0.29, 0.717) is 5.56 Å². The maximum atomic E-state index is 12.0. The molecule has 0 fully saturated rings. The average Bonchev–Trinajstić information content (AvgIpc) is 2.90. The summed E-state index contributed by atoms with van der Waals surface area (Å²) >= 11 is 0. The maximum absolute atomic E-state index is 12.0. The van der Waals surface area contributed by atoms with Crippen LogP contribution in [0.25, 0.3) is 5.69 Å². The summed E-state index contributed by atoms with van der Waals surface area (Å²) in [6.45, 7) is 4.10. The zero-order valence-electron chi connectivity index (χ0n) is 13.7. The number of para-hydroxylation sites is 1. The Morgan fingerprint density at radius 2 is 1.62 bits per heavy atom. The molecule has 0 aliphatic heterocycles. The van der Waals surface area contributed by atoms with Gasteiger partial charge in [-0.05, 0) is 44.2 Å². The number of nitrogens with zero attached hydrogens (tertiary/aromatic N) is 2. The van der Waals surface area contributed by atoms with Crippen molar-refractivity contribution in [1.82, 2.24) is 9.99 Å². The van der Waals surface area contributed by atoms with E-state index in [1.165, 1.54) is 0 Å². The fourth-order valence-electron chi connectivity index (χ4n) is 2.71. The van der Waals surface area contributed by atoms with E-state index in [9.17, 15) is 4.79 Å². The van der Waals surface area contributed by atoms with Crippen LogP contribution in [0, 0.1) is 13.8 Å². The van der Waals surface area contributed by atoms with Gasteiger partial charge in [0.25, 0.3) is 5.91 Å². The highest BCUT2D eigenvalue weighted by Crippen LogP contribution is 2.19. The maximum Gasteiger partial charge on any atom is 0.271 e. The number of carbonyl (C=O) groups is 1. The van der Waals surface area contributed by atoms with E-state index >= 15 is 0 Å². The Morgan fingerprint density at radius 1 is 1.00 bits per heavy atom. The van der Waals surface area contributed by atoms with Gasteiger partial charge in [-0.15, -0.1) is 0 Å². The van der Waals surface area contributed by atoms with E-state index in [0.717, 1.165) is 22.6 Å². The summed E-state index contributed by atoms with van der Waals surface area (Å²) in [5, 5.41) is 4.09. The van der Waals surface area contributed by atoms with Crippen LogP contribution in [0.4, 0.5) is 0 Å². The summed E-state index contributed by atoms with van der Waals surface area (Å²) in [6, 6.07) is 21.3. The van der Waals surface area contributed by atoms with Crippen molar-refractivity contribution in [2.45, 2.75) is 13.8 Å². The molecule has 0 aliphatic carbocycles. The third kappa shape index (κ3) is 3.27. The molecule has 0 radical (unpaired) electrons. The number of amides is 1. The number of nitrogens with one attached hydrogen (secondary N) is 1. The fourth-order valence-corrected chi connectivity index (χ4v) is 2.71. The van der Waals surface area contributed by atoms with E-state index in [-0.39, 0.29) is 5.91 Å². The number of benzene rings is 2. The van der Waals surface area contributed by atoms with Crippen LogP contribution >= 0.6 is 0 Å². The Morgan fingerprint density at radius 3 is 2.29 bits per heavy atom. The molecule has 0 saturated heterocycles. The van der Waals surface area contributed by atoms with E-state index in [1.54, 1.807) is 18.3 Å². The van der Waals surface area contributed by atoms with Crippen molar-refractivity contribution in [1.29, 1.82) is 0 Å². The van der Waals surface area contributed by atoms with Crippen molar-refractivity contribution < 1.29 is 4.79 Å². The standard InChI is InChI=1S/C20H19N3O/c1-15-13-18(16(2)23(15)19-11-7-4-8-12-19)14-21-22-20(24)17-9-5-3-6-10-17/h3-14H,1-2H3,(H,22,24)/b21-14-. The molecule has 4 heteroatoms. The molecule has 3 aromatic rings. The number of hydrogen-bond donors (Lipinski definition) is 1. The second-order valence-corrected chi connectivity index (χ2v) is 5.56. The number of rotatable bonds is 4. The van der Waals surface area contributed by atoms with Crippen LogP contribution in [0.15, 0.2) is 71.8 Å². The monoisotopic (exact) mass is 317 g/mol. The SMILES string of the molecule is Cc1cc(/C=N\NC(=O)c2ccccc2)c(C)n1-c1ccccc1. The normalized spacial score (nSPS) is 10.9. The van der Waals surface area contributed by atoms with Gasteiger partial charge in [0.2, 0.25) is 0 Å². The smallest absolute Gasteiger partial charge is 0.271 e. The molecule has 24 heavy (non-hydrogen) atoms. The average molecular weight is 317 g/mol. The first-order valence-corrected chi connectivity index (χ1v) is 7.79. The van der Waals surface area contributed by atoms with Crippen molar-refractivity contribution in [2.75, 3.05) is 0 Å². The number of aryl methyl sites for hydroxylation is 1. The topological polar surface area (TPSA) is 46.4 Å². The fraction of sp³-hybridized carbons (Fsp3) is 0.100. The minimum atomic E-state index is -0.219. The van der Waals surface area contributed by atoms with Gasteiger partial charge in [-0.1, -0.05) is 36.4 Å². The van der Waals surface area contributed by atoms with E-state index in [1.807, 2.05) is 43.3 Å². The lowest BCUT2D eigenvalue weighted by molar-refractivity contribution is 0.0955. The lowest BCUT2D eigenvalue weighted by atomic mass is 10.2. The van der Waals surface area contributed by atoms with Gasteiger partial charge in [-0.2, -0.15) is 5.10 Å². The molecule has 1 heterocycles. The summed E-state index contributed by atoms with van der Waals surface area (Å²) in [4.78, 5) is 12.0. The number of hydrazone groups is 1. The van der Waals surface area contributed by atoms with Crippen LogP contribution in [-0.4, -0.2) is 16.7 Å². The molecule has 0 spiro atoms. The first-order valence-electron chi connectivity index (χ1n) is 7.79. The predicted molar refractivity (Wildman–Crippen MR) is 96.7 cm³/mol. The minimum Gasteiger partial charge on any atom is -0.318 e. The van der Waals surface area contributed by atoms with E-state index in [2.05, 4.69) is 40.2 Å². The Hall–Kier alpha value is -3.14. The van der Waals surface area contributed by atoms with E-state index < -0.39 is 0 Å². The second kappa shape index (κ2) is 6.96. The number of carbonyl (C=O) groups excluding carboxylic acids is 1. The molecule has 3 rings (SSSR count). The molecule has 0 aliphatic rings. The van der Waals surface area contributed by atoms with Crippen LogP contribution in [0.1, 0.15) is 27.3 Å². The molecule has 1 aromatic heterocycles. The zero-order valence-corrected chi connectivity index (χ0v) is 13.7. The molecule has 4 nitrogen and oxygen atoms in total. The van der Waals surface area contributed by atoms with Crippen molar-refractivity contribution in [2.24, 2.45) is 5.10 Å². The molecule has 0 saturated carbocycles. The van der Waals surface area contributed by atoms with Gasteiger partial charge in [0.05, 0.1) is 6.21 Å². The highest BCUT2D eigenvalue weighted by molar-refractivity contribution is 5.94. The Bertz CT molecular complexity index is 865. The van der Waals surface area contributed by atoms with Gasteiger partial charge in [-0.25, -0.2) is 5.43 Å². The summed E-state index contributed by atoms with van der Waals surface area (Å²) in [7, 11) is 0. The molecular weight excluding hydrogens is 298 g/mol. The Balaban J connectivity index is 1.78. The van der Waals surface area contributed by atoms with Crippen LogP contribution < -0.4 is 5.43 Å². The third-order valence-corrected chi connectivity index (χ3v) is 3.89. The number of hydrogen-bond acceptors (Lipinski definition) is 2. The van der Waals surface area contributed by atoms with Crippen molar-refractivity contribution >= 4 is 12.1 Å². The Labute approximate surface area is 141 Å². The second-order valence-electron chi connectivity index (χ2n) is 5.56. The van der Waals surface area contributed by atoms with Crippen LogP contribution in [-0.2, 0) is 0 Å². The van der Waals surface area contributed by atoms with Crippen molar-refractivity contribution in [3.8, 4) is 5.69 Å². The summed E-state index contributed by atoms with van der Waals surface area (Å²) < 4.78 is 2.17. The summed E-state index contributed by atoms with van der Waals surface area (Å²) in [5.74, 6) is -0.219. The zero-order chi connectivity index (χ0) is 16.9. The lowest BCUT2D eigenvalue weighted by Crippen LogP contribution is -2.17. The van der Waals surface area contributed by atoms with Gasteiger partial charge >= 0.3 is 0 Å². The summed E-state index contributed by atoms with van der Waals surface area (Å²) in [5.41, 5.74) is 7.44. The molecule has 1 amide bonds. The highest BCUT2D eigenvalue weighted by atomic mass is 16.2. The summed E-state index contributed by atoms with van der Waals surface area (Å²) in [6.07, 6.45) is 1.68. The molecule has 1 N–H and O–H groups in total. The van der Waals surface area contributed by atoms with E-state index in [4.69, 9.17) is 0 Å². The van der Waals surface area contributed by atoms with Crippen molar-refractivity contribution in [3.05, 3.63) is 89.2 Å². The Kier molecular flexibility index (Phi) is 4.57. The van der Waals surface area contributed by atoms with Crippen LogP contribution in [0.3, 0.4) is 0 Å². The first-order chi connectivity index (χ1) is 11.7. The molecular formula is C20H19N3O. The molecule has 0 atom stereocenters. The largest absolute Gasteiger partial charge is 0.318 e. The first kappa shape index (κ1) is 15.7. The van der Waals surface area contributed by atoms with Gasteiger partial charge in [0.15, 0.2) is 0 Å². The molecule has 0 bridgehead atoms. The van der Waals surface area contributed by atoms with Gasteiger partial charge < -0.3 is 4.57 Å². The molecule has 2 aromatic carbocycles. The van der Waals surface area contributed by atoms with Gasteiger partial charge in [0.1, 0.15) is 0 Å². The van der Waals surface area contributed by atoms with Gasteiger partial charge in [-0.3, -0.25) is 4.79 Å².